The quantitative estimate of drug-likeness (QED) is 0.605. The molecule has 0 rings (SSSR count). The minimum atomic E-state index is -0.452. The first-order valence-corrected chi connectivity index (χ1v) is 8.88. The van der Waals surface area contributed by atoms with Crippen molar-refractivity contribution in [2.24, 2.45) is 16.7 Å². The fourth-order valence-corrected chi connectivity index (χ4v) is 3.39. The van der Waals surface area contributed by atoms with Gasteiger partial charge in [0, 0.05) is 24.3 Å². The van der Waals surface area contributed by atoms with Crippen LogP contribution < -0.4 is 5.32 Å². The molecule has 0 aliphatic heterocycles. The van der Waals surface area contributed by atoms with Crippen LogP contribution in [0.25, 0.3) is 0 Å². The number of hydrogen-bond donors (Lipinski definition) is 2. The number of rotatable bonds is 11. The number of ether oxygens (including phenoxy) is 1. The lowest BCUT2D eigenvalue weighted by atomic mass is 9.69. The largest absolute Gasteiger partial charge is 0.394 e. The monoisotopic (exact) mass is 343 g/mol. The van der Waals surface area contributed by atoms with Crippen molar-refractivity contribution in [1.82, 2.24) is 5.32 Å². The van der Waals surface area contributed by atoms with Gasteiger partial charge in [-0.05, 0) is 25.7 Å². The van der Waals surface area contributed by atoms with E-state index in [0.717, 1.165) is 0 Å². The van der Waals surface area contributed by atoms with E-state index in [-0.39, 0.29) is 42.3 Å². The zero-order valence-corrected chi connectivity index (χ0v) is 16.7. The number of aliphatic hydroxyl groups excluding tert-OH is 1. The second-order valence-corrected chi connectivity index (χ2v) is 8.71. The highest BCUT2D eigenvalue weighted by Gasteiger charge is 2.36. The Morgan fingerprint density at radius 3 is 2.04 bits per heavy atom. The molecular weight excluding hydrogens is 306 g/mol. The summed E-state index contributed by atoms with van der Waals surface area (Å²) in [5.41, 5.74) is -0.738. The Bertz CT molecular complexity index is 414. The Morgan fingerprint density at radius 1 is 1.08 bits per heavy atom. The summed E-state index contributed by atoms with van der Waals surface area (Å²) in [6.45, 7) is 15.7. The summed E-state index contributed by atoms with van der Waals surface area (Å²) < 4.78 is 5.51. The topological polar surface area (TPSA) is 75.6 Å². The lowest BCUT2D eigenvalue weighted by molar-refractivity contribution is -0.133. The summed E-state index contributed by atoms with van der Waals surface area (Å²) in [4.78, 5) is 24.6. The van der Waals surface area contributed by atoms with Crippen molar-refractivity contribution in [1.29, 1.82) is 0 Å². The third-order valence-corrected chi connectivity index (χ3v) is 3.95. The zero-order valence-electron chi connectivity index (χ0n) is 16.7. The van der Waals surface area contributed by atoms with E-state index in [1.54, 1.807) is 0 Å². The van der Waals surface area contributed by atoms with Gasteiger partial charge in [0.05, 0.1) is 18.8 Å². The Balaban J connectivity index is 4.58. The van der Waals surface area contributed by atoms with E-state index in [0.29, 0.717) is 12.8 Å². The van der Waals surface area contributed by atoms with Gasteiger partial charge in [-0.25, -0.2) is 0 Å². The van der Waals surface area contributed by atoms with Crippen LogP contribution in [-0.4, -0.2) is 42.2 Å². The van der Waals surface area contributed by atoms with Crippen molar-refractivity contribution in [3.63, 3.8) is 0 Å². The van der Waals surface area contributed by atoms with Crippen molar-refractivity contribution in [3.8, 4) is 0 Å². The molecule has 0 radical (unpaired) electrons. The molecule has 142 valence electrons. The van der Waals surface area contributed by atoms with Gasteiger partial charge in [-0.15, -0.1) is 0 Å². The van der Waals surface area contributed by atoms with Crippen LogP contribution in [0.2, 0.25) is 0 Å². The van der Waals surface area contributed by atoms with E-state index in [1.165, 1.54) is 0 Å². The molecule has 5 nitrogen and oxygen atoms in total. The van der Waals surface area contributed by atoms with Gasteiger partial charge in [-0.2, -0.15) is 0 Å². The lowest BCUT2D eigenvalue weighted by Crippen LogP contribution is -2.40. The summed E-state index contributed by atoms with van der Waals surface area (Å²) in [7, 11) is 0. The number of aliphatic hydroxyl groups is 1. The van der Waals surface area contributed by atoms with Crippen LogP contribution in [0, 0.1) is 16.7 Å². The molecule has 24 heavy (non-hydrogen) atoms. The molecule has 0 bridgehead atoms. The highest BCUT2D eigenvalue weighted by Crippen LogP contribution is 2.38. The number of hydrogen-bond acceptors (Lipinski definition) is 4. The Labute approximate surface area is 147 Å². The van der Waals surface area contributed by atoms with Crippen LogP contribution in [0.5, 0.6) is 0 Å². The molecule has 0 spiro atoms. The van der Waals surface area contributed by atoms with Crippen molar-refractivity contribution in [2.75, 3.05) is 13.2 Å². The van der Waals surface area contributed by atoms with E-state index < -0.39 is 11.5 Å². The third kappa shape index (κ3) is 8.78. The minimum Gasteiger partial charge on any atom is -0.394 e. The molecule has 0 aromatic carbocycles. The fraction of sp³-hybridized carbons (Fsp3) is 0.895. The summed E-state index contributed by atoms with van der Waals surface area (Å²) in [6, 6.07) is 0. The molecule has 0 saturated heterocycles. The number of ketones is 1. The summed E-state index contributed by atoms with van der Waals surface area (Å²) >= 11 is 0. The molecule has 0 heterocycles. The predicted molar refractivity (Wildman–Crippen MR) is 96.7 cm³/mol. The molecule has 0 aromatic heterocycles. The van der Waals surface area contributed by atoms with Crippen LogP contribution in [0.3, 0.4) is 0 Å². The molecule has 0 aliphatic carbocycles. The molecule has 1 amide bonds. The van der Waals surface area contributed by atoms with Gasteiger partial charge in [0.1, 0.15) is 5.78 Å². The number of carbonyl (C=O) groups is 2. The third-order valence-electron chi connectivity index (χ3n) is 3.95. The van der Waals surface area contributed by atoms with Crippen LogP contribution in [0.15, 0.2) is 0 Å². The van der Waals surface area contributed by atoms with Gasteiger partial charge >= 0.3 is 0 Å². The first-order chi connectivity index (χ1) is 10.8. The predicted octanol–water partition coefficient (Wildman–Crippen LogP) is 2.95. The molecule has 2 N–H and O–H groups in total. The van der Waals surface area contributed by atoms with E-state index in [9.17, 15) is 14.7 Å². The molecule has 5 heteroatoms. The number of carbonyl (C=O) groups excluding carboxylic acids is 2. The first kappa shape index (κ1) is 23.1. The lowest BCUT2D eigenvalue weighted by Gasteiger charge is -2.34. The molecular formula is C19H37NO4. The van der Waals surface area contributed by atoms with Crippen LogP contribution in [0.4, 0.5) is 0 Å². The van der Waals surface area contributed by atoms with Crippen LogP contribution in [-0.2, 0) is 14.3 Å². The van der Waals surface area contributed by atoms with E-state index in [4.69, 9.17) is 4.74 Å². The number of nitrogens with one attached hydrogen (secondary N) is 1. The average molecular weight is 344 g/mol. The Kier molecular flexibility index (Phi) is 9.15. The van der Waals surface area contributed by atoms with E-state index in [1.807, 2.05) is 55.4 Å². The number of amides is 1. The summed E-state index contributed by atoms with van der Waals surface area (Å²) in [6.07, 6.45) is 0.590. The van der Waals surface area contributed by atoms with E-state index in [2.05, 4.69) is 5.32 Å². The standard InChI is InChI=1S/C19H37NO4/c1-13(2)17(23)19(7,8)12-18(5,6)9-16(22)20-10-15(11-21)24-14(3)4/h13-15,21H,9-12H2,1-8H3,(H,20,22). The van der Waals surface area contributed by atoms with Gasteiger partial charge < -0.3 is 15.2 Å². The van der Waals surface area contributed by atoms with Crippen molar-refractivity contribution in [2.45, 2.75) is 80.4 Å². The van der Waals surface area contributed by atoms with Gasteiger partial charge in [-0.3, -0.25) is 9.59 Å². The molecule has 0 fully saturated rings. The maximum Gasteiger partial charge on any atom is 0.220 e. The second kappa shape index (κ2) is 9.52. The zero-order chi connectivity index (χ0) is 19.1. The SMILES string of the molecule is CC(C)OC(CO)CNC(=O)CC(C)(C)CC(C)(C)C(=O)C(C)C. The van der Waals surface area contributed by atoms with E-state index >= 15 is 0 Å². The Morgan fingerprint density at radius 2 is 1.62 bits per heavy atom. The summed E-state index contributed by atoms with van der Waals surface area (Å²) in [5.74, 6) is 0.128. The average Bonchev–Trinajstić information content (AvgIpc) is 2.39. The molecule has 1 unspecified atom stereocenters. The molecule has 1 atom stereocenters. The molecule has 0 aliphatic rings. The molecule has 0 aromatic rings. The van der Waals surface area contributed by atoms with Gasteiger partial charge in [0.25, 0.3) is 0 Å². The van der Waals surface area contributed by atoms with Gasteiger partial charge in [0.15, 0.2) is 0 Å². The normalized spacial score (nSPS) is 14.1. The van der Waals surface area contributed by atoms with Crippen molar-refractivity contribution >= 4 is 11.7 Å². The highest BCUT2D eigenvalue weighted by atomic mass is 16.5. The summed E-state index contributed by atoms with van der Waals surface area (Å²) in [5, 5.41) is 12.1. The minimum absolute atomic E-state index is 0.00154. The maximum absolute atomic E-state index is 12.3. The second-order valence-electron chi connectivity index (χ2n) is 8.71. The number of Topliss-reactive ketones (excluding diaryl/α,β-unsaturated/α-hetero) is 1. The van der Waals surface area contributed by atoms with Gasteiger partial charge in [0.2, 0.25) is 5.91 Å². The van der Waals surface area contributed by atoms with Crippen LogP contribution >= 0.6 is 0 Å². The van der Waals surface area contributed by atoms with Crippen molar-refractivity contribution in [3.05, 3.63) is 0 Å². The first-order valence-electron chi connectivity index (χ1n) is 8.88. The Hall–Kier alpha value is -0.940. The maximum atomic E-state index is 12.3. The highest BCUT2D eigenvalue weighted by molar-refractivity contribution is 5.86. The van der Waals surface area contributed by atoms with Crippen molar-refractivity contribution < 1.29 is 19.4 Å². The molecule has 0 saturated carbocycles. The fourth-order valence-electron chi connectivity index (χ4n) is 3.39. The van der Waals surface area contributed by atoms with Gasteiger partial charge in [-0.1, -0.05) is 41.5 Å². The smallest absolute Gasteiger partial charge is 0.220 e. The van der Waals surface area contributed by atoms with Crippen LogP contribution in [0.1, 0.15) is 68.2 Å².